The highest BCUT2D eigenvalue weighted by Crippen LogP contribution is 2.32. The van der Waals surface area contributed by atoms with Crippen LogP contribution in [0.4, 0.5) is 0 Å². The zero-order valence-corrected chi connectivity index (χ0v) is 13.1. The van der Waals surface area contributed by atoms with Gasteiger partial charge in [-0.05, 0) is 12.1 Å². The second kappa shape index (κ2) is 7.71. The Morgan fingerprint density at radius 2 is 0.941 bits per heavy atom. The molecule has 4 N–H and O–H groups in total. The zero-order valence-electron chi connectivity index (χ0n) is 9.44. The Morgan fingerprint density at radius 3 is 1.35 bits per heavy atom. The van der Waals surface area contributed by atoms with Crippen molar-refractivity contribution >= 4 is 51.3 Å². The fourth-order valence-electron chi connectivity index (χ4n) is 1.67. The third-order valence-electron chi connectivity index (χ3n) is 2.28. The maximum absolute atomic E-state index is 2.19. The number of thiophene rings is 1. The highest BCUT2D eigenvalue weighted by molar-refractivity contribution is 7.25. The van der Waals surface area contributed by atoms with E-state index in [1.807, 2.05) is 11.3 Å². The molecule has 0 spiro atoms. The molecule has 1 heterocycles. The molecule has 5 heteroatoms. The van der Waals surface area contributed by atoms with Crippen molar-refractivity contribution in [3.05, 3.63) is 48.5 Å². The van der Waals surface area contributed by atoms with E-state index in [0.717, 1.165) is 0 Å². The molecule has 2 unspecified atom stereocenters. The van der Waals surface area contributed by atoms with Gasteiger partial charge in [0.1, 0.15) is 0 Å². The normalized spacial score (nSPS) is 8.47. The van der Waals surface area contributed by atoms with Gasteiger partial charge in [-0.2, -0.15) is 19.8 Å². The summed E-state index contributed by atoms with van der Waals surface area (Å²) in [4.78, 5) is 0. The van der Waals surface area contributed by atoms with Crippen LogP contribution < -0.4 is 0 Å². The molecule has 2 aromatic carbocycles. The van der Waals surface area contributed by atoms with Crippen molar-refractivity contribution in [2.45, 2.75) is 0 Å². The molecular weight excluding hydrogens is 270 g/mol. The molecule has 0 amide bonds. The molecule has 0 aliphatic carbocycles. The van der Waals surface area contributed by atoms with Crippen molar-refractivity contribution in [1.82, 2.24) is 0 Å². The average molecular weight is 288 g/mol. The van der Waals surface area contributed by atoms with Gasteiger partial charge in [-0.1, -0.05) is 36.4 Å². The van der Waals surface area contributed by atoms with E-state index in [1.54, 1.807) is 0 Å². The van der Waals surface area contributed by atoms with Gasteiger partial charge in [-0.25, -0.2) is 0 Å². The summed E-state index contributed by atoms with van der Waals surface area (Å²) in [7, 11) is 0. The van der Waals surface area contributed by atoms with Crippen LogP contribution in [0.15, 0.2) is 48.5 Å². The SMILES string of the molecule is O.O.P.P.c1ccc2c(c1)sc1ccccc12. The Labute approximate surface area is 111 Å². The largest absolute Gasteiger partial charge is 0.412 e. The van der Waals surface area contributed by atoms with Gasteiger partial charge in [0, 0.05) is 20.2 Å². The summed E-state index contributed by atoms with van der Waals surface area (Å²) in [6, 6.07) is 17.1. The molecule has 1 aromatic heterocycles. The summed E-state index contributed by atoms with van der Waals surface area (Å²) in [6.07, 6.45) is 0. The maximum Gasteiger partial charge on any atom is 0.0355 e. The van der Waals surface area contributed by atoms with Crippen molar-refractivity contribution in [2.24, 2.45) is 0 Å². The highest BCUT2D eigenvalue weighted by atomic mass is 32.1. The first-order valence-corrected chi connectivity index (χ1v) is 5.13. The smallest absolute Gasteiger partial charge is 0.0355 e. The Hall–Kier alpha value is -0.560. The summed E-state index contributed by atoms with van der Waals surface area (Å²) in [5.41, 5.74) is 0. The lowest BCUT2D eigenvalue weighted by atomic mass is 10.2. The minimum atomic E-state index is 0. The molecule has 2 nitrogen and oxygen atoms in total. The lowest BCUT2D eigenvalue weighted by Gasteiger charge is -1.88. The van der Waals surface area contributed by atoms with Crippen molar-refractivity contribution in [3.63, 3.8) is 0 Å². The molecule has 0 saturated heterocycles. The molecular formula is C12H18O2P2S. The maximum atomic E-state index is 2.19. The van der Waals surface area contributed by atoms with Gasteiger partial charge in [0.15, 0.2) is 0 Å². The van der Waals surface area contributed by atoms with Crippen LogP contribution in [0.1, 0.15) is 0 Å². The summed E-state index contributed by atoms with van der Waals surface area (Å²) >= 11 is 1.86. The molecule has 2 atom stereocenters. The van der Waals surface area contributed by atoms with Crippen molar-refractivity contribution in [2.75, 3.05) is 0 Å². The van der Waals surface area contributed by atoms with Gasteiger partial charge in [0.2, 0.25) is 0 Å². The van der Waals surface area contributed by atoms with E-state index in [9.17, 15) is 0 Å². The van der Waals surface area contributed by atoms with Crippen LogP contribution in [-0.4, -0.2) is 11.0 Å². The van der Waals surface area contributed by atoms with Crippen LogP contribution in [0.5, 0.6) is 0 Å². The van der Waals surface area contributed by atoms with Gasteiger partial charge < -0.3 is 11.0 Å². The average Bonchev–Trinajstić information content (AvgIpc) is 2.56. The fraction of sp³-hybridized carbons (Fsp3) is 0. The van der Waals surface area contributed by atoms with E-state index >= 15 is 0 Å². The van der Waals surface area contributed by atoms with E-state index < -0.39 is 0 Å². The van der Waals surface area contributed by atoms with Crippen LogP contribution in [0.2, 0.25) is 0 Å². The van der Waals surface area contributed by atoms with E-state index in [4.69, 9.17) is 0 Å². The molecule has 0 aliphatic rings. The van der Waals surface area contributed by atoms with Crippen molar-refractivity contribution in [1.29, 1.82) is 0 Å². The van der Waals surface area contributed by atoms with Crippen LogP contribution in [0.25, 0.3) is 20.2 Å². The topological polar surface area (TPSA) is 63.0 Å². The standard InChI is InChI=1S/C12H8S.2H2O.2H3P/c1-3-7-11-9(5-1)10-6-2-4-8-12(10)13-11;;;;/h1-8H;2*1H2;2*1H3. The predicted octanol–water partition coefficient (Wildman–Crippen LogP) is 2.52. The van der Waals surface area contributed by atoms with E-state index in [1.165, 1.54) is 20.2 Å². The lowest BCUT2D eigenvalue weighted by Crippen LogP contribution is -1.62. The van der Waals surface area contributed by atoms with Gasteiger partial charge in [-0.15, -0.1) is 11.3 Å². The Morgan fingerprint density at radius 1 is 0.588 bits per heavy atom. The third-order valence-corrected chi connectivity index (χ3v) is 3.44. The Kier molecular flexibility index (Phi) is 8.52. The van der Waals surface area contributed by atoms with Crippen LogP contribution in [-0.2, 0) is 0 Å². The fourth-order valence-corrected chi connectivity index (χ4v) is 2.78. The first kappa shape index (κ1) is 18.8. The Balaban J connectivity index is 0. The first-order valence-electron chi connectivity index (χ1n) is 4.31. The summed E-state index contributed by atoms with van der Waals surface area (Å²) in [5.74, 6) is 0. The van der Waals surface area contributed by atoms with Gasteiger partial charge >= 0.3 is 0 Å². The van der Waals surface area contributed by atoms with Gasteiger partial charge in [0.05, 0.1) is 0 Å². The van der Waals surface area contributed by atoms with Crippen molar-refractivity contribution < 1.29 is 11.0 Å². The number of hydrogen-bond donors (Lipinski definition) is 0. The molecule has 0 saturated carbocycles. The van der Waals surface area contributed by atoms with Gasteiger partial charge in [-0.3, -0.25) is 0 Å². The lowest BCUT2D eigenvalue weighted by molar-refractivity contribution is 0.823. The number of hydrogen-bond acceptors (Lipinski definition) is 1. The third kappa shape index (κ3) is 3.22. The van der Waals surface area contributed by atoms with Crippen molar-refractivity contribution in [3.8, 4) is 0 Å². The van der Waals surface area contributed by atoms with Gasteiger partial charge in [0.25, 0.3) is 0 Å². The molecule has 0 radical (unpaired) electrons. The van der Waals surface area contributed by atoms with Crippen LogP contribution >= 0.6 is 31.1 Å². The number of rotatable bonds is 0. The monoisotopic (exact) mass is 288 g/mol. The second-order valence-electron chi connectivity index (χ2n) is 3.09. The Bertz CT molecular complexity index is 530. The molecule has 0 bridgehead atoms. The minimum Gasteiger partial charge on any atom is -0.412 e. The minimum absolute atomic E-state index is 0. The van der Waals surface area contributed by atoms with E-state index in [-0.39, 0.29) is 30.8 Å². The van der Waals surface area contributed by atoms with Crippen LogP contribution in [0.3, 0.4) is 0 Å². The number of benzene rings is 2. The summed E-state index contributed by atoms with van der Waals surface area (Å²) in [5, 5.41) is 2.76. The number of fused-ring (bicyclic) bond motifs is 3. The first-order chi connectivity index (χ1) is 6.45. The molecule has 3 aromatic rings. The molecule has 0 fully saturated rings. The molecule has 0 aliphatic heterocycles. The zero-order chi connectivity index (χ0) is 8.67. The second-order valence-corrected chi connectivity index (χ2v) is 4.18. The predicted molar refractivity (Wildman–Crippen MR) is 88.8 cm³/mol. The molecule has 94 valence electrons. The summed E-state index contributed by atoms with van der Waals surface area (Å²) in [6.45, 7) is 0. The highest BCUT2D eigenvalue weighted by Gasteiger charge is 2.01. The quantitative estimate of drug-likeness (QED) is 0.571. The van der Waals surface area contributed by atoms with E-state index in [0.29, 0.717) is 0 Å². The summed E-state index contributed by atoms with van der Waals surface area (Å²) < 4.78 is 2.76. The van der Waals surface area contributed by atoms with Crippen LogP contribution in [0, 0.1) is 0 Å². The molecule has 3 rings (SSSR count). The molecule has 17 heavy (non-hydrogen) atoms. The van der Waals surface area contributed by atoms with E-state index in [2.05, 4.69) is 48.5 Å².